The molecule has 8 heteroatoms. The van der Waals surface area contributed by atoms with Crippen LogP contribution in [0.5, 0.6) is 0 Å². The lowest BCUT2D eigenvalue weighted by molar-refractivity contribution is -0.160. The molecule has 3 atom stereocenters. The molecule has 4 aliphatic rings. The maximum absolute atomic E-state index is 13.6. The number of para-hydroxylation sites is 1. The minimum absolute atomic E-state index is 0.103. The number of carbonyl (C=O) groups excluding carboxylic acids is 4. The van der Waals surface area contributed by atoms with Crippen LogP contribution in [0.25, 0.3) is 10.9 Å². The fourth-order valence-corrected chi connectivity index (χ4v) is 5.81. The molecule has 0 N–H and O–H groups in total. The number of rotatable bonds is 2. The zero-order valence-corrected chi connectivity index (χ0v) is 17.5. The highest BCUT2D eigenvalue weighted by atomic mass is 16.5. The lowest BCUT2D eigenvalue weighted by atomic mass is 9.60. The minimum atomic E-state index is -1.39. The van der Waals surface area contributed by atoms with Crippen molar-refractivity contribution in [2.24, 2.45) is 5.92 Å². The molecule has 2 aromatic rings. The smallest absolute Gasteiger partial charge is 0.418 e. The van der Waals surface area contributed by atoms with Gasteiger partial charge >= 0.3 is 12.1 Å². The number of ketones is 1. The Hall–Kier alpha value is -3.42. The number of fused-ring (bicyclic) bond motifs is 3. The van der Waals surface area contributed by atoms with E-state index in [2.05, 4.69) is 0 Å². The predicted octanol–water partition coefficient (Wildman–Crippen LogP) is 1.97. The first-order valence-corrected chi connectivity index (χ1v) is 10.2. The highest BCUT2D eigenvalue weighted by Gasteiger charge is 2.65. The van der Waals surface area contributed by atoms with E-state index in [0.29, 0.717) is 29.7 Å². The van der Waals surface area contributed by atoms with Gasteiger partial charge < -0.3 is 14.4 Å². The third-order valence-corrected chi connectivity index (χ3v) is 6.91. The molecule has 3 unspecified atom stereocenters. The van der Waals surface area contributed by atoms with E-state index in [1.54, 1.807) is 17.0 Å². The van der Waals surface area contributed by atoms with E-state index < -0.39 is 29.4 Å². The average Bonchev–Trinajstić information content (AvgIpc) is 3.05. The van der Waals surface area contributed by atoms with Gasteiger partial charge in [-0.25, -0.2) is 9.36 Å². The van der Waals surface area contributed by atoms with Gasteiger partial charge in [0.1, 0.15) is 5.41 Å². The summed E-state index contributed by atoms with van der Waals surface area (Å²) in [5.74, 6) is -1.51. The summed E-state index contributed by atoms with van der Waals surface area (Å²) in [6.07, 6.45) is 1.63. The molecule has 160 valence electrons. The van der Waals surface area contributed by atoms with Crippen molar-refractivity contribution in [1.82, 2.24) is 9.47 Å². The van der Waals surface area contributed by atoms with Gasteiger partial charge in [0.25, 0.3) is 0 Å². The number of carbonyl (C=O) groups is 4. The van der Waals surface area contributed by atoms with Gasteiger partial charge in [0.15, 0.2) is 5.78 Å². The van der Waals surface area contributed by atoms with E-state index in [0.717, 1.165) is 10.9 Å². The number of hydrogen-bond acceptors (Lipinski definition) is 6. The first-order valence-electron chi connectivity index (χ1n) is 10.2. The van der Waals surface area contributed by atoms with E-state index in [4.69, 9.17) is 9.47 Å². The zero-order valence-electron chi connectivity index (χ0n) is 17.5. The molecule has 1 saturated heterocycles. The molecular weight excluding hydrogens is 400 g/mol. The summed E-state index contributed by atoms with van der Waals surface area (Å²) < 4.78 is 11.8. The molecule has 31 heavy (non-hydrogen) atoms. The van der Waals surface area contributed by atoms with E-state index in [1.165, 1.54) is 25.7 Å². The Bertz CT molecular complexity index is 1210. The number of methoxy groups -OCH3 is 2. The van der Waals surface area contributed by atoms with Gasteiger partial charge in [-0.1, -0.05) is 24.3 Å². The number of esters is 1. The summed E-state index contributed by atoms with van der Waals surface area (Å²) >= 11 is 0. The van der Waals surface area contributed by atoms with Gasteiger partial charge in [-0.2, -0.15) is 0 Å². The van der Waals surface area contributed by atoms with Crippen LogP contribution in [0.15, 0.2) is 35.9 Å². The normalized spacial score (nSPS) is 26.2. The summed E-state index contributed by atoms with van der Waals surface area (Å²) in [6, 6.07) is 6.55. The van der Waals surface area contributed by atoms with Crippen molar-refractivity contribution in [3.05, 3.63) is 47.2 Å². The Morgan fingerprint density at radius 1 is 1.13 bits per heavy atom. The second kappa shape index (κ2) is 6.54. The lowest BCUT2D eigenvalue weighted by Gasteiger charge is -2.52. The molecule has 0 saturated carbocycles. The topological polar surface area (TPSA) is 94.9 Å². The number of amides is 1. The molecule has 8 nitrogen and oxygen atoms in total. The molecular formula is C23H22N2O6. The van der Waals surface area contributed by atoms with Crippen LogP contribution in [-0.2, 0) is 35.7 Å². The first kappa shape index (κ1) is 19.5. The molecule has 3 aliphatic heterocycles. The SMILES string of the molecule is COC(=O)n1c2c(c3ccccc31)CCN1C(=O)C3C=C(C(C)=O)C1C2(C(=O)OC)C3. The molecule has 4 bridgehead atoms. The number of ether oxygens (including phenoxy) is 2. The molecule has 0 spiro atoms. The van der Waals surface area contributed by atoms with E-state index in [-0.39, 0.29) is 18.1 Å². The Morgan fingerprint density at radius 3 is 2.55 bits per heavy atom. The number of hydrogen-bond donors (Lipinski definition) is 0. The van der Waals surface area contributed by atoms with Gasteiger partial charge in [-0.05, 0) is 31.4 Å². The van der Waals surface area contributed by atoms with Crippen LogP contribution in [0, 0.1) is 5.92 Å². The number of piperidine rings is 1. The van der Waals surface area contributed by atoms with Gasteiger partial charge in [-0.3, -0.25) is 14.4 Å². The molecule has 1 aromatic carbocycles. The van der Waals surface area contributed by atoms with Crippen LogP contribution in [0.4, 0.5) is 4.79 Å². The van der Waals surface area contributed by atoms with Crippen LogP contribution in [0.3, 0.4) is 0 Å². The van der Waals surface area contributed by atoms with Gasteiger partial charge in [0.05, 0.1) is 37.4 Å². The average molecular weight is 422 g/mol. The van der Waals surface area contributed by atoms with Crippen molar-refractivity contribution in [2.75, 3.05) is 20.8 Å². The third kappa shape index (κ3) is 2.30. The molecule has 1 aromatic heterocycles. The number of benzene rings is 1. The summed E-state index contributed by atoms with van der Waals surface area (Å²) in [5, 5.41) is 0.816. The number of Topliss-reactive ketones (excluding diaryl/α,β-unsaturated/α-hetero) is 1. The summed E-state index contributed by atoms with van der Waals surface area (Å²) in [5.41, 5.74) is 0.914. The third-order valence-electron chi connectivity index (χ3n) is 6.91. The maximum Gasteiger partial charge on any atom is 0.418 e. The van der Waals surface area contributed by atoms with Crippen molar-refractivity contribution < 1.29 is 28.7 Å². The molecule has 1 aliphatic carbocycles. The lowest BCUT2D eigenvalue weighted by Crippen LogP contribution is -2.67. The van der Waals surface area contributed by atoms with Gasteiger partial charge in [0, 0.05) is 17.5 Å². The van der Waals surface area contributed by atoms with E-state index in [9.17, 15) is 19.2 Å². The van der Waals surface area contributed by atoms with Crippen LogP contribution in [0.2, 0.25) is 0 Å². The minimum Gasteiger partial charge on any atom is -0.468 e. The van der Waals surface area contributed by atoms with Crippen molar-refractivity contribution in [3.63, 3.8) is 0 Å². The number of nitrogens with zero attached hydrogens (tertiary/aromatic N) is 2. The van der Waals surface area contributed by atoms with E-state index >= 15 is 0 Å². The van der Waals surface area contributed by atoms with Crippen molar-refractivity contribution in [2.45, 2.75) is 31.2 Å². The largest absolute Gasteiger partial charge is 0.468 e. The van der Waals surface area contributed by atoms with Crippen LogP contribution in [-0.4, -0.2) is 60.0 Å². The maximum atomic E-state index is 13.6. The van der Waals surface area contributed by atoms with Gasteiger partial charge in [0.2, 0.25) is 5.91 Å². The summed E-state index contributed by atoms with van der Waals surface area (Å²) in [4.78, 5) is 53.9. The molecule has 4 heterocycles. The first-order chi connectivity index (χ1) is 14.9. The zero-order chi connectivity index (χ0) is 22.1. The quantitative estimate of drug-likeness (QED) is 0.687. The molecule has 6 rings (SSSR count). The summed E-state index contributed by atoms with van der Waals surface area (Å²) in [6.45, 7) is 1.78. The molecule has 1 amide bonds. The fraction of sp³-hybridized carbons (Fsp3) is 0.391. The van der Waals surface area contributed by atoms with Gasteiger partial charge in [-0.15, -0.1) is 0 Å². The van der Waals surface area contributed by atoms with Crippen LogP contribution in [0.1, 0.15) is 24.6 Å². The highest BCUT2D eigenvalue weighted by molar-refractivity contribution is 6.05. The van der Waals surface area contributed by atoms with Crippen molar-refractivity contribution >= 4 is 34.7 Å². The second-order valence-corrected chi connectivity index (χ2v) is 8.29. The van der Waals surface area contributed by atoms with Crippen molar-refractivity contribution in [1.29, 1.82) is 0 Å². The van der Waals surface area contributed by atoms with E-state index in [1.807, 2.05) is 18.2 Å². The number of aromatic nitrogens is 1. The standard InChI is InChI=1S/C23H22N2O6/c1-12(26)16-10-13-11-23(21(28)30-2)18(16)24(20(13)27)9-8-15-14-6-4-5-7-17(14)25(19(15)23)22(29)31-3/h4-7,10,13,18H,8-9,11H2,1-3H3. The molecule has 0 radical (unpaired) electrons. The Labute approximate surface area is 178 Å². The Morgan fingerprint density at radius 2 is 1.87 bits per heavy atom. The predicted molar refractivity (Wildman–Crippen MR) is 110 cm³/mol. The molecule has 1 fully saturated rings. The second-order valence-electron chi connectivity index (χ2n) is 8.29. The fourth-order valence-electron chi connectivity index (χ4n) is 5.81. The Balaban J connectivity index is 1.94. The monoisotopic (exact) mass is 422 g/mol. The Kier molecular flexibility index (Phi) is 4.12. The summed E-state index contributed by atoms with van der Waals surface area (Å²) in [7, 11) is 2.58. The van der Waals surface area contributed by atoms with Crippen LogP contribution < -0.4 is 0 Å². The highest BCUT2D eigenvalue weighted by Crippen LogP contribution is 2.54. The van der Waals surface area contributed by atoms with Crippen LogP contribution >= 0.6 is 0 Å². The van der Waals surface area contributed by atoms with Crippen molar-refractivity contribution in [3.8, 4) is 0 Å².